The Labute approximate surface area is 96.1 Å². The Morgan fingerprint density at radius 2 is 2.31 bits per heavy atom. The van der Waals surface area contributed by atoms with Gasteiger partial charge >= 0.3 is 5.97 Å². The molecule has 0 unspecified atom stereocenters. The summed E-state index contributed by atoms with van der Waals surface area (Å²) in [7, 11) is 1.34. The summed E-state index contributed by atoms with van der Waals surface area (Å²) in [6.45, 7) is -0.155. The maximum atomic E-state index is 11.4. The first-order chi connectivity index (χ1) is 7.76. The fourth-order valence-corrected chi connectivity index (χ4v) is 2.18. The molecule has 0 saturated carbocycles. The van der Waals surface area contributed by atoms with Crippen LogP contribution in [-0.4, -0.2) is 18.2 Å². The Morgan fingerprint density at radius 1 is 1.50 bits per heavy atom. The Balaban J connectivity index is 2.40. The highest BCUT2D eigenvalue weighted by Gasteiger charge is 2.17. The van der Waals surface area contributed by atoms with Crippen LogP contribution in [0.4, 0.5) is 0 Å². The SMILES string of the molecule is COC(=O)c1sccc1-c1ccc(CO)o1. The van der Waals surface area contributed by atoms with E-state index in [1.165, 1.54) is 18.4 Å². The van der Waals surface area contributed by atoms with Crippen LogP contribution in [0.15, 0.2) is 28.0 Å². The van der Waals surface area contributed by atoms with Crippen molar-refractivity contribution in [3.05, 3.63) is 34.2 Å². The average Bonchev–Trinajstić information content (AvgIpc) is 2.95. The summed E-state index contributed by atoms with van der Waals surface area (Å²) in [5.41, 5.74) is 0.691. The molecule has 0 bridgehead atoms. The third kappa shape index (κ3) is 1.87. The minimum Gasteiger partial charge on any atom is -0.465 e. The second kappa shape index (κ2) is 4.51. The smallest absolute Gasteiger partial charge is 0.348 e. The number of hydrogen-bond acceptors (Lipinski definition) is 5. The van der Waals surface area contributed by atoms with Gasteiger partial charge in [0, 0.05) is 5.56 Å². The van der Waals surface area contributed by atoms with Crippen LogP contribution in [0, 0.1) is 0 Å². The first-order valence-electron chi connectivity index (χ1n) is 4.62. The van der Waals surface area contributed by atoms with Gasteiger partial charge in [-0.15, -0.1) is 11.3 Å². The highest BCUT2D eigenvalue weighted by Crippen LogP contribution is 2.30. The van der Waals surface area contributed by atoms with Gasteiger partial charge in [0.15, 0.2) is 0 Å². The Kier molecular flexibility index (Phi) is 3.07. The molecule has 2 aromatic rings. The van der Waals surface area contributed by atoms with E-state index in [1.54, 1.807) is 23.6 Å². The number of thiophene rings is 1. The molecule has 1 N–H and O–H groups in total. The van der Waals surface area contributed by atoms with Gasteiger partial charge in [0.25, 0.3) is 0 Å². The van der Waals surface area contributed by atoms with Crippen LogP contribution in [0.25, 0.3) is 11.3 Å². The van der Waals surface area contributed by atoms with Crippen molar-refractivity contribution in [3.63, 3.8) is 0 Å². The normalized spacial score (nSPS) is 10.4. The van der Waals surface area contributed by atoms with Crippen LogP contribution >= 0.6 is 11.3 Å². The third-order valence-electron chi connectivity index (χ3n) is 2.12. The molecule has 16 heavy (non-hydrogen) atoms. The van der Waals surface area contributed by atoms with Gasteiger partial charge in [0.05, 0.1) is 7.11 Å². The van der Waals surface area contributed by atoms with Crippen molar-refractivity contribution in [2.24, 2.45) is 0 Å². The topological polar surface area (TPSA) is 59.7 Å². The van der Waals surface area contributed by atoms with E-state index in [-0.39, 0.29) is 12.6 Å². The zero-order valence-corrected chi connectivity index (χ0v) is 9.41. The van der Waals surface area contributed by atoms with Gasteiger partial charge in [-0.05, 0) is 23.6 Å². The number of esters is 1. The van der Waals surface area contributed by atoms with Crippen molar-refractivity contribution in [3.8, 4) is 11.3 Å². The molecule has 0 aliphatic rings. The summed E-state index contributed by atoms with van der Waals surface area (Å²) >= 11 is 1.30. The standard InChI is InChI=1S/C11H10O4S/c1-14-11(13)10-8(4-5-16-10)9-3-2-7(6-12)15-9/h2-5,12H,6H2,1H3. The molecule has 0 fully saturated rings. The van der Waals surface area contributed by atoms with Crippen LogP contribution in [-0.2, 0) is 11.3 Å². The van der Waals surface area contributed by atoms with E-state index in [0.29, 0.717) is 22.0 Å². The second-order valence-electron chi connectivity index (χ2n) is 3.08. The molecule has 2 rings (SSSR count). The van der Waals surface area contributed by atoms with Crippen LogP contribution in [0.2, 0.25) is 0 Å². The van der Waals surface area contributed by atoms with Crippen molar-refractivity contribution in [1.29, 1.82) is 0 Å². The molecular formula is C11H10O4S. The fourth-order valence-electron chi connectivity index (χ4n) is 1.36. The average molecular weight is 238 g/mol. The van der Waals surface area contributed by atoms with E-state index in [2.05, 4.69) is 4.74 Å². The zero-order chi connectivity index (χ0) is 11.5. The molecule has 0 aliphatic heterocycles. The van der Waals surface area contributed by atoms with Crippen LogP contribution < -0.4 is 0 Å². The van der Waals surface area contributed by atoms with Gasteiger partial charge in [0.1, 0.15) is 23.0 Å². The molecule has 0 aliphatic carbocycles. The number of ether oxygens (including phenoxy) is 1. The first kappa shape index (κ1) is 10.9. The summed E-state index contributed by atoms with van der Waals surface area (Å²) in [4.78, 5) is 11.9. The number of aliphatic hydroxyl groups excluding tert-OH is 1. The lowest BCUT2D eigenvalue weighted by atomic mass is 10.2. The zero-order valence-electron chi connectivity index (χ0n) is 8.60. The summed E-state index contributed by atoms with van der Waals surface area (Å²) < 4.78 is 10.0. The monoisotopic (exact) mass is 238 g/mol. The molecule has 84 valence electrons. The Morgan fingerprint density at radius 3 is 2.94 bits per heavy atom. The van der Waals surface area contributed by atoms with E-state index in [9.17, 15) is 4.79 Å². The maximum absolute atomic E-state index is 11.4. The molecular weight excluding hydrogens is 228 g/mol. The molecule has 0 spiro atoms. The number of carbonyl (C=O) groups excluding carboxylic acids is 1. The van der Waals surface area contributed by atoms with Crippen LogP contribution in [0.3, 0.4) is 0 Å². The van der Waals surface area contributed by atoms with Gasteiger partial charge in [0.2, 0.25) is 0 Å². The minimum atomic E-state index is -0.382. The largest absolute Gasteiger partial charge is 0.465 e. The highest BCUT2D eigenvalue weighted by atomic mass is 32.1. The van der Waals surface area contributed by atoms with E-state index in [0.717, 1.165) is 0 Å². The molecule has 0 aromatic carbocycles. The number of carbonyl (C=O) groups is 1. The number of rotatable bonds is 3. The molecule has 4 nitrogen and oxygen atoms in total. The highest BCUT2D eigenvalue weighted by molar-refractivity contribution is 7.12. The Bertz CT molecular complexity index is 498. The van der Waals surface area contributed by atoms with Gasteiger partial charge < -0.3 is 14.3 Å². The molecule has 5 heteroatoms. The van der Waals surface area contributed by atoms with E-state index < -0.39 is 0 Å². The van der Waals surface area contributed by atoms with Gasteiger partial charge in [-0.25, -0.2) is 4.79 Å². The lowest BCUT2D eigenvalue weighted by Crippen LogP contribution is -1.99. The first-order valence-corrected chi connectivity index (χ1v) is 5.50. The van der Waals surface area contributed by atoms with E-state index >= 15 is 0 Å². The lowest BCUT2D eigenvalue weighted by molar-refractivity contribution is 0.0607. The number of furan rings is 1. The van der Waals surface area contributed by atoms with Gasteiger partial charge in [-0.3, -0.25) is 0 Å². The second-order valence-corrected chi connectivity index (χ2v) is 4.00. The predicted octanol–water partition coefficient (Wildman–Crippen LogP) is 2.29. The van der Waals surface area contributed by atoms with Crippen molar-refractivity contribution in [2.75, 3.05) is 7.11 Å². The lowest BCUT2D eigenvalue weighted by Gasteiger charge is -1.98. The van der Waals surface area contributed by atoms with Crippen molar-refractivity contribution >= 4 is 17.3 Å². The fraction of sp³-hybridized carbons (Fsp3) is 0.182. The third-order valence-corrected chi connectivity index (χ3v) is 3.01. The van der Waals surface area contributed by atoms with Gasteiger partial charge in [-0.2, -0.15) is 0 Å². The maximum Gasteiger partial charge on any atom is 0.348 e. The predicted molar refractivity (Wildman–Crippen MR) is 59.3 cm³/mol. The molecule has 2 heterocycles. The Hall–Kier alpha value is -1.59. The number of aliphatic hydroxyl groups is 1. The summed E-state index contributed by atoms with van der Waals surface area (Å²) in [6.07, 6.45) is 0. The molecule has 0 atom stereocenters. The quantitative estimate of drug-likeness (QED) is 0.833. The van der Waals surface area contributed by atoms with Gasteiger partial charge in [-0.1, -0.05) is 0 Å². The number of hydrogen-bond donors (Lipinski definition) is 1. The summed E-state index contributed by atoms with van der Waals surface area (Å²) in [5.74, 6) is 0.648. The van der Waals surface area contributed by atoms with Crippen molar-refractivity contribution in [2.45, 2.75) is 6.61 Å². The van der Waals surface area contributed by atoms with E-state index in [1.807, 2.05) is 0 Å². The molecule has 0 saturated heterocycles. The molecule has 0 radical (unpaired) electrons. The van der Waals surface area contributed by atoms with Crippen LogP contribution in [0.1, 0.15) is 15.4 Å². The van der Waals surface area contributed by atoms with Crippen molar-refractivity contribution in [1.82, 2.24) is 0 Å². The van der Waals surface area contributed by atoms with E-state index in [4.69, 9.17) is 9.52 Å². The van der Waals surface area contributed by atoms with Crippen LogP contribution in [0.5, 0.6) is 0 Å². The number of methoxy groups -OCH3 is 1. The molecule has 0 amide bonds. The molecule has 2 aromatic heterocycles. The minimum absolute atomic E-state index is 0.155. The van der Waals surface area contributed by atoms with Crippen molar-refractivity contribution < 1.29 is 19.1 Å². The summed E-state index contributed by atoms with van der Waals surface area (Å²) in [6, 6.07) is 5.19. The summed E-state index contributed by atoms with van der Waals surface area (Å²) in [5, 5.41) is 10.7.